The predicted molar refractivity (Wildman–Crippen MR) is 168 cm³/mol. The molecule has 0 unspecified atom stereocenters. The van der Waals surface area contributed by atoms with Gasteiger partial charge in [0.1, 0.15) is 29.2 Å². The molecule has 2 fully saturated rings. The van der Waals surface area contributed by atoms with E-state index in [0.717, 1.165) is 11.3 Å². The number of nitrogens with zero attached hydrogens (tertiary/aromatic N) is 3. The van der Waals surface area contributed by atoms with E-state index in [-0.39, 0.29) is 37.0 Å². The molecule has 3 aliphatic rings. The quantitative estimate of drug-likeness (QED) is 0.405. The van der Waals surface area contributed by atoms with Crippen LogP contribution in [0.15, 0.2) is 37.9 Å². The second kappa shape index (κ2) is 13.9. The van der Waals surface area contributed by atoms with Gasteiger partial charge in [0.25, 0.3) is 5.91 Å². The number of benzene rings is 1. The summed E-state index contributed by atoms with van der Waals surface area (Å²) in [6.07, 6.45) is 2.12. The maximum Gasteiger partial charge on any atom is 0.519 e. The van der Waals surface area contributed by atoms with E-state index in [1.54, 1.807) is 49.4 Å². The highest BCUT2D eigenvalue weighted by molar-refractivity contribution is 5.95. The summed E-state index contributed by atoms with van der Waals surface area (Å²) in [5, 5.41) is 6.03. The van der Waals surface area contributed by atoms with Gasteiger partial charge in [0.05, 0.1) is 31.8 Å². The van der Waals surface area contributed by atoms with E-state index in [1.807, 2.05) is 24.3 Å². The van der Waals surface area contributed by atoms with Crippen molar-refractivity contribution in [3.05, 3.63) is 52.0 Å². The third-order valence-electron chi connectivity index (χ3n) is 9.67. The largest absolute Gasteiger partial charge is 0.519 e. The number of nitrogens with one attached hydrogen (secondary N) is 2. The number of para-hydroxylation sites is 1. The lowest BCUT2D eigenvalue weighted by molar-refractivity contribution is -0.155. The molecule has 1 aromatic heterocycles. The average molecular weight is 656 g/mol. The van der Waals surface area contributed by atoms with Gasteiger partial charge in [-0.3, -0.25) is 24.1 Å². The monoisotopic (exact) mass is 655 g/mol. The van der Waals surface area contributed by atoms with E-state index in [4.69, 9.17) is 18.3 Å². The number of hydrogen-bond donors (Lipinski definition) is 2. The maximum absolute atomic E-state index is 14.4. The maximum atomic E-state index is 14.4. The number of methoxy groups -OCH3 is 1. The van der Waals surface area contributed by atoms with Crippen molar-refractivity contribution in [2.75, 3.05) is 33.9 Å². The Kier molecular flexibility index (Phi) is 10.1. The van der Waals surface area contributed by atoms with Gasteiger partial charge in [-0.05, 0) is 60.1 Å². The number of ether oxygens (including phenoxy) is 2. The number of fused-ring (bicyclic) bond motifs is 2. The van der Waals surface area contributed by atoms with Crippen molar-refractivity contribution >= 4 is 23.6 Å². The summed E-state index contributed by atoms with van der Waals surface area (Å²) in [4.78, 5) is 71.8. The third kappa shape index (κ3) is 7.23. The number of likely N-dealkylation sites (N-methyl/N-ethyl adjacent to an activating group) is 1. The van der Waals surface area contributed by atoms with E-state index in [9.17, 15) is 24.0 Å². The first kappa shape index (κ1) is 34.2. The van der Waals surface area contributed by atoms with Crippen LogP contribution in [0.5, 0.6) is 5.75 Å². The van der Waals surface area contributed by atoms with Gasteiger partial charge in [-0.25, -0.2) is 4.79 Å². The molecule has 0 aliphatic carbocycles. The molecule has 2 N–H and O–H groups in total. The zero-order chi connectivity index (χ0) is 34.0. The molecule has 3 aliphatic heterocycles. The summed E-state index contributed by atoms with van der Waals surface area (Å²) in [6, 6.07) is 4.42. The van der Waals surface area contributed by atoms with Crippen molar-refractivity contribution in [3.63, 3.8) is 0 Å². The summed E-state index contributed by atoms with van der Waals surface area (Å²) in [6.45, 7) is 7.39. The van der Waals surface area contributed by atoms with Crippen LogP contribution in [0.25, 0.3) is 0 Å². The SMILES string of the molecule is COC(C)(C)C(=O)N1CC[C@H]2CC[C@@H](C(=O)N[C@@H]3CCOc4ccccc43)N2C(=O)[C@@H](NC(=O)[C@H](C)N(C)Cc2oc(=O)oc2C)C1. The van der Waals surface area contributed by atoms with Crippen molar-refractivity contribution in [3.8, 4) is 5.75 Å². The Morgan fingerprint density at radius 2 is 1.81 bits per heavy atom. The van der Waals surface area contributed by atoms with Gasteiger partial charge < -0.3 is 38.7 Å². The molecule has 2 saturated heterocycles. The van der Waals surface area contributed by atoms with Gasteiger partial charge in [-0.15, -0.1) is 0 Å². The summed E-state index contributed by atoms with van der Waals surface area (Å²) < 4.78 is 21.2. The molecular weight excluding hydrogens is 610 g/mol. The Labute approximate surface area is 273 Å². The molecule has 2 aromatic rings. The highest BCUT2D eigenvalue weighted by Crippen LogP contribution is 2.34. The van der Waals surface area contributed by atoms with Crippen LogP contribution >= 0.6 is 0 Å². The van der Waals surface area contributed by atoms with Crippen LogP contribution in [-0.4, -0.2) is 102 Å². The zero-order valence-corrected chi connectivity index (χ0v) is 27.9. The van der Waals surface area contributed by atoms with E-state index >= 15 is 0 Å². The molecule has 47 heavy (non-hydrogen) atoms. The fourth-order valence-corrected chi connectivity index (χ4v) is 6.53. The summed E-state index contributed by atoms with van der Waals surface area (Å²) in [5.41, 5.74) is -0.252. The standard InChI is InChI=1S/C33H45N5O9/c1-19(36(5)18-27-20(2)46-32(43)47-27)28(39)35-24-17-37(31(42)33(3,4)44-6)15-13-21-11-12-25(38(21)30(24)41)29(40)34-23-14-16-45-26-10-8-7-9-22(23)26/h7-10,19,21,23-25H,11-18H2,1-6H3,(H,34,40)(H,35,39)/t19-,21+,23+,24-,25-/m0/s1. The van der Waals surface area contributed by atoms with Crippen molar-refractivity contribution in [2.24, 2.45) is 0 Å². The molecule has 1 aromatic carbocycles. The van der Waals surface area contributed by atoms with Crippen LogP contribution in [0.2, 0.25) is 0 Å². The van der Waals surface area contributed by atoms with Gasteiger partial charge in [0.15, 0.2) is 5.76 Å². The fraction of sp³-hybridized carbons (Fsp3) is 0.606. The van der Waals surface area contributed by atoms with Crippen LogP contribution in [0.3, 0.4) is 0 Å². The summed E-state index contributed by atoms with van der Waals surface area (Å²) in [7, 11) is 3.13. The molecule has 14 heteroatoms. The first-order valence-corrected chi connectivity index (χ1v) is 16.1. The van der Waals surface area contributed by atoms with Crippen molar-refractivity contribution in [2.45, 2.75) is 95.7 Å². The van der Waals surface area contributed by atoms with Gasteiger partial charge in [0, 0.05) is 31.7 Å². The number of carbonyl (C=O) groups is 4. The molecule has 4 amide bonds. The molecule has 5 rings (SSSR count). The van der Waals surface area contributed by atoms with E-state index in [1.165, 1.54) is 7.11 Å². The minimum Gasteiger partial charge on any atom is -0.493 e. The molecule has 14 nitrogen and oxygen atoms in total. The van der Waals surface area contributed by atoms with E-state index in [0.29, 0.717) is 50.4 Å². The number of rotatable bonds is 9. The van der Waals surface area contributed by atoms with Crippen molar-refractivity contribution < 1.29 is 37.5 Å². The molecular formula is C33H45N5O9. The summed E-state index contributed by atoms with van der Waals surface area (Å²) >= 11 is 0. The van der Waals surface area contributed by atoms with E-state index in [2.05, 4.69) is 10.6 Å². The lowest BCUT2D eigenvalue weighted by Crippen LogP contribution is -2.63. The van der Waals surface area contributed by atoms with Crippen LogP contribution in [0.4, 0.5) is 0 Å². The van der Waals surface area contributed by atoms with Crippen molar-refractivity contribution in [1.29, 1.82) is 0 Å². The Morgan fingerprint density at radius 3 is 2.51 bits per heavy atom. The number of carbonyl (C=O) groups excluding carboxylic acids is 4. The second-order valence-corrected chi connectivity index (χ2v) is 13.1. The Morgan fingerprint density at radius 1 is 1.06 bits per heavy atom. The van der Waals surface area contributed by atoms with Crippen LogP contribution in [0.1, 0.15) is 69.6 Å². The van der Waals surface area contributed by atoms with Gasteiger partial charge >= 0.3 is 5.82 Å². The Hall–Kier alpha value is -4.17. The first-order valence-electron chi connectivity index (χ1n) is 16.1. The lowest BCUT2D eigenvalue weighted by Gasteiger charge is -2.41. The first-order chi connectivity index (χ1) is 22.3. The molecule has 0 spiro atoms. The van der Waals surface area contributed by atoms with Gasteiger partial charge in [-0.2, -0.15) is 0 Å². The third-order valence-corrected chi connectivity index (χ3v) is 9.67. The lowest BCUT2D eigenvalue weighted by atomic mass is 10.00. The smallest absolute Gasteiger partial charge is 0.493 e. The zero-order valence-electron chi connectivity index (χ0n) is 27.9. The molecule has 5 atom stereocenters. The highest BCUT2D eigenvalue weighted by Gasteiger charge is 2.47. The Bertz CT molecular complexity index is 1550. The fourth-order valence-electron chi connectivity index (χ4n) is 6.53. The summed E-state index contributed by atoms with van der Waals surface area (Å²) in [5.74, 6) is -0.949. The topological polar surface area (TPSA) is 164 Å². The number of amides is 4. The van der Waals surface area contributed by atoms with Gasteiger partial charge in [0.2, 0.25) is 17.7 Å². The van der Waals surface area contributed by atoms with E-state index < -0.39 is 41.4 Å². The number of hydrogen-bond acceptors (Lipinski definition) is 10. The molecule has 0 bridgehead atoms. The minimum atomic E-state index is -1.14. The average Bonchev–Trinajstić information content (AvgIpc) is 3.61. The number of aryl methyl sites for hydroxylation is 1. The molecule has 256 valence electrons. The second-order valence-electron chi connectivity index (χ2n) is 13.1. The predicted octanol–water partition coefficient (Wildman–Crippen LogP) is 1.50. The Balaban J connectivity index is 1.36. The van der Waals surface area contributed by atoms with Crippen LogP contribution < -0.4 is 21.2 Å². The van der Waals surface area contributed by atoms with Crippen LogP contribution in [0, 0.1) is 6.92 Å². The van der Waals surface area contributed by atoms with Crippen molar-refractivity contribution in [1.82, 2.24) is 25.3 Å². The molecule has 4 heterocycles. The van der Waals surface area contributed by atoms with Gasteiger partial charge in [-0.1, -0.05) is 18.2 Å². The molecule has 0 radical (unpaired) electrons. The normalized spacial score (nSPS) is 23.7. The van der Waals surface area contributed by atoms with Crippen LogP contribution in [-0.2, 0) is 30.5 Å². The minimum absolute atomic E-state index is 0.0900. The molecule has 0 saturated carbocycles. The highest BCUT2D eigenvalue weighted by atomic mass is 16.6.